The lowest BCUT2D eigenvalue weighted by atomic mass is 9.94. The Bertz CT molecular complexity index is 488. The van der Waals surface area contributed by atoms with Crippen LogP contribution in [0, 0.1) is 5.41 Å². The summed E-state index contributed by atoms with van der Waals surface area (Å²) in [6.07, 6.45) is 2.97. The fourth-order valence-electron chi connectivity index (χ4n) is 2.19. The molecule has 0 bridgehead atoms. The van der Waals surface area contributed by atoms with Gasteiger partial charge in [-0.1, -0.05) is 20.8 Å². The zero-order chi connectivity index (χ0) is 14.8. The molecule has 0 N–H and O–H groups in total. The van der Waals surface area contributed by atoms with Crippen molar-refractivity contribution in [1.29, 1.82) is 0 Å². The third-order valence-corrected chi connectivity index (χ3v) is 3.33. The molecule has 1 aromatic rings. The number of amides is 2. The largest absolute Gasteiger partial charge is 0.339 e. The van der Waals surface area contributed by atoms with Gasteiger partial charge in [-0.05, 0) is 6.07 Å². The van der Waals surface area contributed by atoms with Crippen LogP contribution in [0.25, 0.3) is 0 Å². The number of aromatic nitrogens is 2. The van der Waals surface area contributed by atoms with Gasteiger partial charge in [0.1, 0.15) is 0 Å². The predicted octanol–water partition coefficient (Wildman–Crippen LogP) is 0.807. The maximum atomic E-state index is 12.2. The van der Waals surface area contributed by atoms with Gasteiger partial charge in [-0.2, -0.15) is 10.2 Å². The molecule has 1 aromatic heterocycles. The average molecular weight is 276 g/mol. The highest BCUT2D eigenvalue weighted by Crippen LogP contribution is 2.19. The number of rotatable bonds is 1. The Morgan fingerprint density at radius 3 is 2.15 bits per heavy atom. The zero-order valence-electron chi connectivity index (χ0n) is 12.2. The number of carbonyl (C=O) groups excluding carboxylic acids is 2. The Balaban J connectivity index is 1.95. The molecule has 108 valence electrons. The van der Waals surface area contributed by atoms with Crippen molar-refractivity contribution in [3.63, 3.8) is 0 Å². The molecule has 0 atom stereocenters. The molecule has 1 fully saturated rings. The number of piperazine rings is 1. The van der Waals surface area contributed by atoms with Crippen LogP contribution in [-0.2, 0) is 4.79 Å². The molecule has 2 amide bonds. The Hall–Kier alpha value is -1.98. The van der Waals surface area contributed by atoms with E-state index in [2.05, 4.69) is 10.2 Å². The summed E-state index contributed by atoms with van der Waals surface area (Å²) in [7, 11) is 0. The predicted molar refractivity (Wildman–Crippen MR) is 74.0 cm³/mol. The Kier molecular flexibility index (Phi) is 4.01. The molecule has 0 saturated carbocycles. The first-order valence-corrected chi connectivity index (χ1v) is 6.75. The fourth-order valence-corrected chi connectivity index (χ4v) is 2.19. The minimum absolute atomic E-state index is 0.0530. The summed E-state index contributed by atoms with van der Waals surface area (Å²) in [4.78, 5) is 28.0. The number of hydrogen-bond acceptors (Lipinski definition) is 4. The number of carbonyl (C=O) groups is 2. The van der Waals surface area contributed by atoms with E-state index in [0.717, 1.165) is 0 Å². The Labute approximate surface area is 118 Å². The molecule has 1 aliphatic heterocycles. The van der Waals surface area contributed by atoms with Crippen LogP contribution < -0.4 is 0 Å². The molecule has 0 aromatic carbocycles. The van der Waals surface area contributed by atoms with Crippen molar-refractivity contribution in [1.82, 2.24) is 20.0 Å². The molecule has 2 rings (SSSR count). The highest BCUT2D eigenvalue weighted by Gasteiger charge is 2.31. The second-order valence-electron chi connectivity index (χ2n) is 5.97. The summed E-state index contributed by atoms with van der Waals surface area (Å²) in [5.41, 5.74) is 0.164. The molecule has 0 unspecified atom stereocenters. The molecular formula is C14H20N4O2. The van der Waals surface area contributed by atoms with E-state index in [1.54, 1.807) is 11.0 Å². The summed E-state index contributed by atoms with van der Waals surface area (Å²) in [5.74, 6) is 0.0814. The average Bonchev–Trinajstić information content (AvgIpc) is 2.46. The van der Waals surface area contributed by atoms with Crippen molar-refractivity contribution >= 4 is 11.8 Å². The maximum Gasteiger partial charge on any atom is 0.255 e. The lowest BCUT2D eigenvalue weighted by Crippen LogP contribution is -2.53. The molecule has 0 spiro atoms. The maximum absolute atomic E-state index is 12.2. The molecule has 1 aliphatic rings. The summed E-state index contributed by atoms with van der Waals surface area (Å²) in [5, 5.41) is 7.38. The van der Waals surface area contributed by atoms with E-state index in [0.29, 0.717) is 31.7 Å². The Morgan fingerprint density at radius 2 is 1.65 bits per heavy atom. The van der Waals surface area contributed by atoms with E-state index >= 15 is 0 Å². The second-order valence-corrected chi connectivity index (χ2v) is 5.97. The number of nitrogens with zero attached hydrogens (tertiary/aromatic N) is 4. The molecular weight excluding hydrogens is 256 g/mol. The number of hydrogen-bond donors (Lipinski definition) is 0. The normalized spacial score (nSPS) is 16.1. The topological polar surface area (TPSA) is 66.4 Å². The minimum atomic E-state index is -0.374. The van der Waals surface area contributed by atoms with E-state index in [4.69, 9.17) is 0 Å². The lowest BCUT2D eigenvalue weighted by molar-refractivity contribution is -0.140. The Morgan fingerprint density at radius 1 is 1.05 bits per heavy atom. The van der Waals surface area contributed by atoms with Crippen LogP contribution in [0.3, 0.4) is 0 Å². The van der Waals surface area contributed by atoms with Gasteiger partial charge in [0, 0.05) is 31.6 Å². The van der Waals surface area contributed by atoms with Gasteiger partial charge < -0.3 is 9.80 Å². The van der Waals surface area contributed by atoms with Crippen molar-refractivity contribution in [3.05, 3.63) is 24.0 Å². The van der Waals surface area contributed by atoms with Crippen molar-refractivity contribution in [2.75, 3.05) is 26.2 Å². The SMILES string of the molecule is CC(C)(C)C(=O)N1CCN(C(=O)c2ccnnc2)CC1. The first kappa shape index (κ1) is 14.4. The van der Waals surface area contributed by atoms with Gasteiger partial charge in [-0.3, -0.25) is 9.59 Å². The van der Waals surface area contributed by atoms with Crippen LogP contribution in [0.1, 0.15) is 31.1 Å². The van der Waals surface area contributed by atoms with Gasteiger partial charge in [0.15, 0.2) is 0 Å². The molecule has 1 saturated heterocycles. The monoisotopic (exact) mass is 276 g/mol. The van der Waals surface area contributed by atoms with E-state index in [1.807, 2.05) is 25.7 Å². The second kappa shape index (κ2) is 5.56. The van der Waals surface area contributed by atoms with Gasteiger partial charge >= 0.3 is 0 Å². The molecule has 2 heterocycles. The highest BCUT2D eigenvalue weighted by molar-refractivity contribution is 5.94. The summed E-state index contributed by atoms with van der Waals surface area (Å²) in [6, 6.07) is 1.65. The van der Waals surface area contributed by atoms with Gasteiger partial charge in [-0.25, -0.2) is 0 Å². The van der Waals surface area contributed by atoms with Crippen molar-refractivity contribution in [3.8, 4) is 0 Å². The third-order valence-electron chi connectivity index (χ3n) is 3.33. The van der Waals surface area contributed by atoms with Crippen molar-refractivity contribution in [2.45, 2.75) is 20.8 Å². The lowest BCUT2D eigenvalue weighted by Gasteiger charge is -2.37. The first-order valence-electron chi connectivity index (χ1n) is 6.75. The quantitative estimate of drug-likeness (QED) is 0.761. The summed E-state index contributed by atoms with van der Waals surface area (Å²) < 4.78 is 0. The fraction of sp³-hybridized carbons (Fsp3) is 0.571. The molecule has 0 radical (unpaired) electrons. The van der Waals surface area contributed by atoms with Gasteiger partial charge in [0.05, 0.1) is 18.0 Å². The summed E-state index contributed by atoms with van der Waals surface area (Å²) >= 11 is 0. The van der Waals surface area contributed by atoms with E-state index in [-0.39, 0.29) is 17.2 Å². The van der Waals surface area contributed by atoms with Crippen LogP contribution >= 0.6 is 0 Å². The minimum Gasteiger partial charge on any atom is -0.339 e. The summed E-state index contributed by atoms with van der Waals surface area (Å²) in [6.45, 7) is 8.02. The van der Waals surface area contributed by atoms with E-state index < -0.39 is 0 Å². The van der Waals surface area contributed by atoms with Crippen molar-refractivity contribution in [2.24, 2.45) is 5.41 Å². The standard InChI is InChI=1S/C14H20N4O2/c1-14(2,3)13(20)18-8-6-17(7-9-18)12(19)11-4-5-15-16-10-11/h4-5,10H,6-9H2,1-3H3. The zero-order valence-corrected chi connectivity index (χ0v) is 12.2. The molecule has 20 heavy (non-hydrogen) atoms. The van der Waals surface area contributed by atoms with Gasteiger partial charge in [0.2, 0.25) is 5.91 Å². The van der Waals surface area contributed by atoms with Crippen LogP contribution in [0.15, 0.2) is 18.5 Å². The van der Waals surface area contributed by atoms with Crippen LogP contribution in [0.5, 0.6) is 0 Å². The van der Waals surface area contributed by atoms with Crippen LogP contribution in [0.4, 0.5) is 0 Å². The van der Waals surface area contributed by atoms with Gasteiger partial charge in [-0.15, -0.1) is 0 Å². The highest BCUT2D eigenvalue weighted by atomic mass is 16.2. The van der Waals surface area contributed by atoms with Crippen LogP contribution in [0.2, 0.25) is 0 Å². The molecule has 6 heteroatoms. The van der Waals surface area contributed by atoms with Gasteiger partial charge in [0.25, 0.3) is 5.91 Å². The van der Waals surface area contributed by atoms with Crippen LogP contribution in [-0.4, -0.2) is 58.0 Å². The van der Waals surface area contributed by atoms with E-state index in [9.17, 15) is 9.59 Å². The van der Waals surface area contributed by atoms with E-state index in [1.165, 1.54) is 12.4 Å². The molecule has 0 aliphatic carbocycles. The molecule has 6 nitrogen and oxygen atoms in total. The third kappa shape index (κ3) is 3.12. The van der Waals surface area contributed by atoms with Crippen molar-refractivity contribution < 1.29 is 9.59 Å². The first-order chi connectivity index (χ1) is 9.39. The smallest absolute Gasteiger partial charge is 0.255 e.